The molecule has 1 atom stereocenters. The van der Waals surface area contributed by atoms with Gasteiger partial charge in [0.1, 0.15) is 5.65 Å². The lowest BCUT2D eigenvalue weighted by molar-refractivity contribution is 1.03. The fourth-order valence-electron chi connectivity index (χ4n) is 1.64. The quantitative estimate of drug-likeness (QED) is 0.660. The number of aromatic nitrogens is 2. The van der Waals surface area contributed by atoms with Crippen LogP contribution in [-0.2, 0) is 0 Å². The van der Waals surface area contributed by atoms with E-state index in [1.807, 2.05) is 6.92 Å². The molecule has 0 amide bonds. The van der Waals surface area contributed by atoms with Gasteiger partial charge in [0.2, 0.25) is 0 Å². The van der Waals surface area contributed by atoms with E-state index < -0.39 is 0 Å². The van der Waals surface area contributed by atoms with Gasteiger partial charge >= 0.3 is 0 Å². The molecule has 0 bridgehead atoms. The zero-order chi connectivity index (χ0) is 8.84. The highest BCUT2D eigenvalue weighted by Crippen LogP contribution is 2.21. The van der Waals surface area contributed by atoms with E-state index >= 15 is 0 Å². The molecule has 3 heterocycles. The largest absolute Gasteiger partial charge is 0.307 e. The van der Waals surface area contributed by atoms with Gasteiger partial charge in [-0.05, 0) is 18.6 Å². The first-order valence-electron chi connectivity index (χ1n) is 4.51. The number of nitrogens with zero attached hydrogens (tertiary/aromatic N) is 2. The molecular weight excluding hydrogens is 162 g/mol. The van der Waals surface area contributed by atoms with Crippen molar-refractivity contribution in [3.63, 3.8) is 0 Å². The zero-order valence-corrected chi connectivity index (χ0v) is 7.49. The zero-order valence-electron chi connectivity index (χ0n) is 7.49. The van der Waals surface area contributed by atoms with E-state index in [4.69, 9.17) is 0 Å². The van der Waals surface area contributed by atoms with Gasteiger partial charge in [0.05, 0.1) is 5.69 Å². The van der Waals surface area contributed by atoms with Crippen LogP contribution in [0.15, 0.2) is 24.5 Å². The van der Waals surface area contributed by atoms with Crippen LogP contribution >= 0.6 is 0 Å². The van der Waals surface area contributed by atoms with Gasteiger partial charge in [-0.25, -0.2) is 4.98 Å². The lowest BCUT2D eigenvalue weighted by Crippen LogP contribution is -1.89. The van der Waals surface area contributed by atoms with E-state index in [1.165, 1.54) is 5.56 Å². The SMILES string of the molecule is Cc1cn2cc(C3CN3)ccc2n1. The van der Waals surface area contributed by atoms with Crippen LogP contribution in [0.2, 0.25) is 0 Å². The van der Waals surface area contributed by atoms with Crippen LogP contribution in [0.25, 0.3) is 5.65 Å². The topological polar surface area (TPSA) is 39.2 Å². The average molecular weight is 173 g/mol. The maximum absolute atomic E-state index is 4.38. The second kappa shape index (κ2) is 2.33. The van der Waals surface area contributed by atoms with Gasteiger partial charge in [0.25, 0.3) is 0 Å². The monoisotopic (exact) mass is 173 g/mol. The number of aryl methyl sites for hydroxylation is 1. The van der Waals surface area contributed by atoms with E-state index in [0.29, 0.717) is 6.04 Å². The van der Waals surface area contributed by atoms with Crippen LogP contribution in [-0.4, -0.2) is 15.9 Å². The van der Waals surface area contributed by atoms with Crippen molar-refractivity contribution in [3.8, 4) is 0 Å². The lowest BCUT2D eigenvalue weighted by atomic mass is 10.2. The first kappa shape index (κ1) is 7.09. The van der Waals surface area contributed by atoms with Gasteiger partial charge in [-0.1, -0.05) is 6.07 Å². The molecule has 13 heavy (non-hydrogen) atoms. The summed E-state index contributed by atoms with van der Waals surface area (Å²) in [7, 11) is 0. The van der Waals surface area contributed by atoms with Crippen LogP contribution in [0.3, 0.4) is 0 Å². The molecule has 1 aliphatic heterocycles. The second-order valence-electron chi connectivity index (χ2n) is 3.57. The van der Waals surface area contributed by atoms with Crippen molar-refractivity contribution in [1.82, 2.24) is 14.7 Å². The van der Waals surface area contributed by atoms with Crippen molar-refractivity contribution in [1.29, 1.82) is 0 Å². The summed E-state index contributed by atoms with van der Waals surface area (Å²) in [6, 6.07) is 4.79. The predicted molar refractivity (Wildman–Crippen MR) is 50.7 cm³/mol. The Morgan fingerprint density at radius 1 is 1.46 bits per heavy atom. The molecule has 0 radical (unpaired) electrons. The number of hydrogen-bond acceptors (Lipinski definition) is 2. The van der Waals surface area contributed by atoms with Crippen LogP contribution in [0, 0.1) is 6.92 Å². The van der Waals surface area contributed by atoms with Crippen molar-refractivity contribution in [2.75, 3.05) is 6.54 Å². The molecule has 66 valence electrons. The van der Waals surface area contributed by atoms with Crippen LogP contribution in [0.1, 0.15) is 17.3 Å². The van der Waals surface area contributed by atoms with E-state index in [2.05, 4.69) is 39.2 Å². The number of pyridine rings is 1. The number of hydrogen-bond donors (Lipinski definition) is 1. The van der Waals surface area contributed by atoms with E-state index in [9.17, 15) is 0 Å². The van der Waals surface area contributed by atoms with E-state index in [-0.39, 0.29) is 0 Å². The minimum atomic E-state index is 0.576. The smallest absolute Gasteiger partial charge is 0.136 e. The van der Waals surface area contributed by atoms with Crippen LogP contribution in [0.5, 0.6) is 0 Å². The molecule has 3 heteroatoms. The fraction of sp³-hybridized carbons (Fsp3) is 0.300. The average Bonchev–Trinajstić information content (AvgIpc) is 2.87. The van der Waals surface area contributed by atoms with Crippen molar-refractivity contribution in [2.45, 2.75) is 13.0 Å². The van der Waals surface area contributed by atoms with E-state index in [1.54, 1.807) is 0 Å². The van der Waals surface area contributed by atoms with E-state index in [0.717, 1.165) is 17.9 Å². The number of nitrogens with one attached hydrogen (secondary N) is 1. The summed E-state index contributed by atoms with van der Waals surface area (Å²) in [4.78, 5) is 4.38. The molecule has 0 aliphatic carbocycles. The fourth-order valence-corrected chi connectivity index (χ4v) is 1.64. The maximum atomic E-state index is 4.38. The molecular formula is C10H11N3. The number of imidazole rings is 1. The predicted octanol–water partition coefficient (Wildman–Crippen LogP) is 1.29. The highest BCUT2D eigenvalue weighted by atomic mass is 15.1. The Balaban J connectivity index is 2.20. The van der Waals surface area contributed by atoms with Crippen LogP contribution < -0.4 is 5.32 Å². The van der Waals surface area contributed by atoms with Gasteiger partial charge < -0.3 is 9.72 Å². The highest BCUT2D eigenvalue weighted by molar-refractivity contribution is 5.42. The maximum Gasteiger partial charge on any atom is 0.136 e. The summed E-state index contributed by atoms with van der Waals surface area (Å²) in [5.41, 5.74) is 3.45. The molecule has 3 nitrogen and oxygen atoms in total. The molecule has 1 fully saturated rings. The molecule has 3 rings (SSSR count). The summed E-state index contributed by atoms with van der Waals surface area (Å²) >= 11 is 0. The third-order valence-corrected chi connectivity index (χ3v) is 2.40. The Labute approximate surface area is 76.4 Å². The normalized spacial score (nSPS) is 20.8. The second-order valence-corrected chi connectivity index (χ2v) is 3.57. The first-order valence-corrected chi connectivity index (χ1v) is 4.51. The Kier molecular flexibility index (Phi) is 1.27. The molecule has 1 saturated heterocycles. The summed E-state index contributed by atoms with van der Waals surface area (Å²) < 4.78 is 2.09. The first-order chi connectivity index (χ1) is 6.33. The summed E-state index contributed by atoms with van der Waals surface area (Å²) in [6.07, 6.45) is 4.21. The molecule has 1 N–H and O–H groups in total. The Bertz CT molecular complexity index is 454. The molecule has 0 spiro atoms. The van der Waals surface area contributed by atoms with Gasteiger partial charge in [0, 0.05) is 25.0 Å². The van der Waals surface area contributed by atoms with Gasteiger partial charge in [-0.3, -0.25) is 0 Å². The summed E-state index contributed by atoms with van der Waals surface area (Å²) in [5, 5.41) is 3.29. The van der Waals surface area contributed by atoms with Gasteiger partial charge in [0.15, 0.2) is 0 Å². The molecule has 0 aromatic carbocycles. The summed E-state index contributed by atoms with van der Waals surface area (Å²) in [5.74, 6) is 0. The standard InChI is InChI=1S/C10H11N3/c1-7-5-13-6-8(9-4-11-9)2-3-10(13)12-7/h2-3,5-6,9,11H,4H2,1H3. The minimum absolute atomic E-state index is 0.576. The molecule has 1 unspecified atom stereocenters. The Morgan fingerprint density at radius 3 is 3.08 bits per heavy atom. The Hall–Kier alpha value is -1.35. The van der Waals surface area contributed by atoms with Crippen molar-refractivity contribution < 1.29 is 0 Å². The van der Waals surface area contributed by atoms with Crippen LogP contribution in [0.4, 0.5) is 0 Å². The Morgan fingerprint density at radius 2 is 2.31 bits per heavy atom. The molecule has 2 aromatic rings. The number of rotatable bonds is 1. The third kappa shape index (κ3) is 1.12. The van der Waals surface area contributed by atoms with Crippen molar-refractivity contribution in [2.24, 2.45) is 0 Å². The van der Waals surface area contributed by atoms with Gasteiger partial charge in [-0.2, -0.15) is 0 Å². The third-order valence-electron chi connectivity index (χ3n) is 2.40. The van der Waals surface area contributed by atoms with Gasteiger partial charge in [-0.15, -0.1) is 0 Å². The summed E-state index contributed by atoms with van der Waals surface area (Å²) in [6.45, 7) is 3.13. The van der Waals surface area contributed by atoms with Crippen molar-refractivity contribution >= 4 is 5.65 Å². The molecule has 2 aromatic heterocycles. The highest BCUT2D eigenvalue weighted by Gasteiger charge is 2.22. The van der Waals surface area contributed by atoms with Crippen molar-refractivity contribution in [3.05, 3.63) is 35.8 Å². The lowest BCUT2D eigenvalue weighted by Gasteiger charge is -1.97. The minimum Gasteiger partial charge on any atom is -0.307 e. The molecule has 1 aliphatic rings. The molecule has 0 saturated carbocycles. The number of fused-ring (bicyclic) bond motifs is 1.